The van der Waals surface area contributed by atoms with E-state index in [-0.39, 0.29) is 6.03 Å². The van der Waals surface area contributed by atoms with Gasteiger partial charge in [-0.1, -0.05) is 17.7 Å². The minimum Gasteiger partial charge on any atom is -0.305 e. The summed E-state index contributed by atoms with van der Waals surface area (Å²) in [5.41, 5.74) is 7.20. The van der Waals surface area contributed by atoms with Gasteiger partial charge in [-0.15, -0.1) is 0 Å². The molecule has 2 aliphatic rings. The van der Waals surface area contributed by atoms with Crippen LogP contribution in [0.5, 0.6) is 0 Å². The number of carbonyl (C=O) groups is 1. The monoisotopic (exact) mass is 257 g/mol. The summed E-state index contributed by atoms with van der Waals surface area (Å²) in [5.74, 6) is 0.547. The van der Waals surface area contributed by atoms with Gasteiger partial charge in [0.2, 0.25) is 0 Å². The summed E-state index contributed by atoms with van der Waals surface area (Å²) in [5, 5.41) is 2.74. The topological polar surface area (TPSA) is 83.1 Å². The van der Waals surface area contributed by atoms with E-state index < -0.39 is 11.7 Å². The first-order chi connectivity index (χ1) is 8.99. The lowest BCUT2D eigenvalue weighted by Gasteiger charge is -2.34. The Morgan fingerprint density at radius 3 is 2.74 bits per heavy atom. The highest BCUT2D eigenvalue weighted by Crippen LogP contribution is 2.29. The highest BCUT2D eigenvalue weighted by molar-refractivity contribution is 6.18. The number of aliphatic imine (C=N–C) groups is 2. The van der Waals surface area contributed by atoms with Crippen molar-refractivity contribution < 1.29 is 4.79 Å². The number of nitrogens with two attached hydrogens (primary N) is 1. The predicted octanol–water partition coefficient (Wildman–Crippen LogP) is 1.01. The molecule has 2 unspecified atom stereocenters. The zero-order valence-corrected chi connectivity index (χ0v) is 10.8. The molecule has 2 amide bonds. The molecule has 2 heterocycles. The molecule has 3 rings (SSSR count). The van der Waals surface area contributed by atoms with Gasteiger partial charge in [0.25, 0.3) is 0 Å². The molecule has 6 heteroatoms. The number of benzene rings is 1. The molecule has 0 aliphatic carbocycles. The summed E-state index contributed by atoms with van der Waals surface area (Å²) in [6.45, 7) is 3.78. The number of aryl methyl sites for hydroxylation is 1. The van der Waals surface area contributed by atoms with E-state index in [1.54, 1.807) is 11.8 Å². The van der Waals surface area contributed by atoms with Crippen molar-refractivity contribution in [2.75, 3.05) is 4.90 Å². The van der Waals surface area contributed by atoms with Gasteiger partial charge >= 0.3 is 6.03 Å². The maximum atomic E-state index is 12.1. The summed E-state index contributed by atoms with van der Waals surface area (Å²) < 4.78 is 0. The van der Waals surface area contributed by atoms with Crippen LogP contribution in [-0.2, 0) is 0 Å². The van der Waals surface area contributed by atoms with Gasteiger partial charge in [0.1, 0.15) is 23.9 Å². The molecule has 2 aliphatic heterocycles. The molecule has 1 fully saturated rings. The Labute approximate surface area is 111 Å². The molecular weight excluding hydrogens is 242 g/mol. The summed E-state index contributed by atoms with van der Waals surface area (Å²) in [7, 11) is 0. The molecule has 3 N–H and O–H groups in total. The van der Waals surface area contributed by atoms with Crippen LogP contribution in [0.1, 0.15) is 12.5 Å². The molecule has 98 valence electrons. The number of urea groups is 1. The molecule has 1 aromatic rings. The molecule has 0 bridgehead atoms. The highest BCUT2D eigenvalue weighted by Gasteiger charge is 2.48. The number of fused-ring (bicyclic) bond motifs is 1. The van der Waals surface area contributed by atoms with Gasteiger partial charge in [-0.2, -0.15) is 0 Å². The lowest BCUT2D eigenvalue weighted by Crippen LogP contribution is -2.58. The number of nitrogens with one attached hydrogen (secondary N) is 1. The predicted molar refractivity (Wildman–Crippen MR) is 74.5 cm³/mol. The van der Waals surface area contributed by atoms with Crippen molar-refractivity contribution in [1.29, 1.82) is 0 Å². The molecule has 0 saturated carbocycles. The Bertz CT molecular complexity index is 588. The number of amides is 2. The van der Waals surface area contributed by atoms with Crippen LogP contribution in [-0.4, -0.2) is 29.9 Å². The van der Waals surface area contributed by atoms with Crippen molar-refractivity contribution in [3.8, 4) is 0 Å². The standard InChI is InChI=1S/C13H15N5O/c1-8-3-5-9(6-4-8)18-10-11(17-12(18)19)15-7-16-13(10,2)14/h3-7,10H,14H2,1-2H3,(H,15,16,17,19). The summed E-state index contributed by atoms with van der Waals surface area (Å²) in [4.78, 5) is 22.0. The van der Waals surface area contributed by atoms with Gasteiger partial charge in [0.05, 0.1) is 0 Å². The van der Waals surface area contributed by atoms with E-state index >= 15 is 0 Å². The first-order valence-electron chi connectivity index (χ1n) is 6.06. The molecule has 19 heavy (non-hydrogen) atoms. The third-order valence-electron chi connectivity index (χ3n) is 3.37. The molecule has 1 saturated heterocycles. The molecule has 1 aromatic carbocycles. The van der Waals surface area contributed by atoms with E-state index in [4.69, 9.17) is 5.73 Å². The van der Waals surface area contributed by atoms with Crippen molar-refractivity contribution in [2.45, 2.75) is 25.6 Å². The van der Waals surface area contributed by atoms with Crippen LogP contribution in [0.15, 0.2) is 34.3 Å². The zero-order valence-electron chi connectivity index (χ0n) is 10.8. The fourth-order valence-corrected chi connectivity index (χ4v) is 2.38. The van der Waals surface area contributed by atoms with Crippen LogP contribution in [0, 0.1) is 6.92 Å². The van der Waals surface area contributed by atoms with Crippen molar-refractivity contribution in [2.24, 2.45) is 15.7 Å². The Kier molecular flexibility index (Phi) is 2.43. The van der Waals surface area contributed by atoms with Crippen molar-refractivity contribution >= 4 is 23.9 Å². The maximum absolute atomic E-state index is 12.1. The Hall–Kier alpha value is -2.21. The van der Waals surface area contributed by atoms with Crippen LogP contribution in [0.2, 0.25) is 0 Å². The lowest BCUT2D eigenvalue weighted by molar-refractivity contribution is 0.251. The largest absolute Gasteiger partial charge is 0.328 e. The van der Waals surface area contributed by atoms with Gasteiger partial charge in [-0.05, 0) is 26.0 Å². The van der Waals surface area contributed by atoms with Crippen molar-refractivity contribution in [3.63, 3.8) is 0 Å². The second kappa shape index (κ2) is 3.89. The quantitative estimate of drug-likeness (QED) is 0.787. The summed E-state index contributed by atoms with van der Waals surface area (Å²) in [6, 6.07) is 7.08. The average molecular weight is 257 g/mol. The number of rotatable bonds is 1. The minimum absolute atomic E-state index is 0.227. The number of nitrogens with zero attached hydrogens (tertiary/aromatic N) is 3. The second-order valence-electron chi connectivity index (χ2n) is 5.02. The Morgan fingerprint density at radius 1 is 1.37 bits per heavy atom. The smallest absolute Gasteiger partial charge is 0.305 e. The highest BCUT2D eigenvalue weighted by atomic mass is 16.2. The molecule has 0 spiro atoms. The second-order valence-corrected chi connectivity index (χ2v) is 5.02. The van der Waals surface area contributed by atoms with E-state index in [1.807, 2.05) is 31.2 Å². The fourth-order valence-electron chi connectivity index (χ4n) is 2.38. The van der Waals surface area contributed by atoms with Gasteiger partial charge in [0.15, 0.2) is 0 Å². The molecule has 0 radical (unpaired) electrons. The van der Waals surface area contributed by atoms with E-state index in [0.29, 0.717) is 5.84 Å². The van der Waals surface area contributed by atoms with Crippen LogP contribution in [0.4, 0.5) is 10.5 Å². The normalized spacial score (nSPS) is 29.0. The molecular formula is C13H15N5O. The Balaban J connectivity index is 2.05. The van der Waals surface area contributed by atoms with Crippen molar-refractivity contribution in [3.05, 3.63) is 29.8 Å². The third-order valence-corrected chi connectivity index (χ3v) is 3.37. The van der Waals surface area contributed by atoms with Gasteiger partial charge in [-0.3, -0.25) is 10.2 Å². The maximum Gasteiger partial charge on any atom is 0.328 e. The number of carbonyl (C=O) groups excluding carboxylic acids is 1. The van der Waals surface area contributed by atoms with E-state index in [2.05, 4.69) is 15.3 Å². The average Bonchev–Trinajstić information content (AvgIpc) is 2.68. The SMILES string of the molecule is Cc1ccc(N2C(=O)NC3=NC=NC(C)(N)C32)cc1. The lowest BCUT2D eigenvalue weighted by atomic mass is 10.0. The summed E-state index contributed by atoms with van der Waals surface area (Å²) >= 11 is 0. The molecule has 2 atom stereocenters. The third kappa shape index (κ3) is 1.80. The molecule has 6 nitrogen and oxygen atoms in total. The van der Waals surface area contributed by atoms with Gasteiger partial charge in [0, 0.05) is 5.69 Å². The van der Waals surface area contributed by atoms with E-state index in [9.17, 15) is 4.79 Å². The van der Waals surface area contributed by atoms with Crippen molar-refractivity contribution in [1.82, 2.24) is 5.32 Å². The first-order valence-corrected chi connectivity index (χ1v) is 6.06. The minimum atomic E-state index is -0.888. The van der Waals surface area contributed by atoms with Gasteiger partial charge in [-0.25, -0.2) is 14.8 Å². The van der Waals surface area contributed by atoms with Crippen LogP contribution in [0.25, 0.3) is 0 Å². The van der Waals surface area contributed by atoms with Crippen LogP contribution < -0.4 is 16.0 Å². The van der Waals surface area contributed by atoms with E-state index in [0.717, 1.165) is 11.3 Å². The Morgan fingerprint density at radius 2 is 2.05 bits per heavy atom. The number of anilines is 1. The zero-order chi connectivity index (χ0) is 13.6. The fraction of sp³-hybridized carbons (Fsp3) is 0.308. The summed E-state index contributed by atoms with van der Waals surface area (Å²) in [6.07, 6.45) is 1.39. The number of amidine groups is 1. The van der Waals surface area contributed by atoms with Crippen LogP contribution >= 0.6 is 0 Å². The van der Waals surface area contributed by atoms with Crippen LogP contribution in [0.3, 0.4) is 0 Å². The number of hydrogen-bond acceptors (Lipinski definition) is 4. The van der Waals surface area contributed by atoms with Gasteiger partial charge < -0.3 is 5.73 Å². The van der Waals surface area contributed by atoms with E-state index in [1.165, 1.54) is 6.34 Å². The number of hydrogen-bond donors (Lipinski definition) is 2. The molecule has 0 aromatic heterocycles. The first kappa shape index (κ1) is 11.9.